The Kier molecular flexibility index (Phi) is 5.07. The molecule has 0 amide bonds. The largest absolute Gasteiger partial charge is 0.312 e. The van der Waals surface area contributed by atoms with Gasteiger partial charge in [0, 0.05) is 25.8 Å². The van der Waals surface area contributed by atoms with E-state index in [-0.39, 0.29) is 0 Å². The van der Waals surface area contributed by atoms with Crippen LogP contribution in [0.25, 0.3) is 10.4 Å². The molecule has 0 spiro atoms. The van der Waals surface area contributed by atoms with Gasteiger partial charge in [-0.3, -0.25) is 0 Å². The van der Waals surface area contributed by atoms with Gasteiger partial charge < -0.3 is 5.32 Å². The Labute approximate surface area is 132 Å². The van der Waals surface area contributed by atoms with Gasteiger partial charge in [-0.25, -0.2) is 0 Å². The van der Waals surface area contributed by atoms with Crippen molar-refractivity contribution in [3.63, 3.8) is 0 Å². The molecule has 102 valence electrons. The van der Waals surface area contributed by atoms with E-state index < -0.39 is 0 Å². The average Bonchev–Trinajstić information content (AvgIpc) is 2.82. The smallest absolute Gasteiger partial charge is 0.0554 e. The van der Waals surface area contributed by atoms with Crippen LogP contribution in [0.5, 0.6) is 0 Å². The van der Waals surface area contributed by atoms with Crippen LogP contribution < -0.4 is 5.32 Å². The van der Waals surface area contributed by atoms with E-state index in [0.29, 0.717) is 12.0 Å². The van der Waals surface area contributed by atoms with Crippen LogP contribution in [-0.4, -0.2) is 7.05 Å². The van der Waals surface area contributed by atoms with Crippen LogP contribution >= 0.6 is 38.9 Å². The van der Waals surface area contributed by atoms with Crippen LogP contribution in [0.2, 0.25) is 5.02 Å². The standard InChI is InChI=1S/C15H17BrClNS/c1-9(2)15(18-3)13-8-7-12(19-13)10-5-4-6-11(17)14(10)16/h4-9,15,18H,1-3H3. The molecular formula is C15H17BrClNS. The van der Waals surface area contributed by atoms with Gasteiger partial charge in [0.15, 0.2) is 0 Å². The highest BCUT2D eigenvalue weighted by Gasteiger charge is 2.17. The zero-order chi connectivity index (χ0) is 14.0. The molecule has 1 nitrogen and oxygen atoms in total. The second-order valence-electron chi connectivity index (χ2n) is 4.81. The van der Waals surface area contributed by atoms with Gasteiger partial charge in [0.1, 0.15) is 0 Å². The highest BCUT2D eigenvalue weighted by atomic mass is 79.9. The summed E-state index contributed by atoms with van der Waals surface area (Å²) in [6.07, 6.45) is 0. The first kappa shape index (κ1) is 15.0. The van der Waals surface area contributed by atoms with Crippen molar-refractivity contribution in [2.24, 2.45) is 5.92 Å². The molecule has 0 aliphatic carbocycles. The van der Waals surface area contributed by atoms with E-state index in [2.05, 4.69) is 53.3 Å². The van der Waals surface area contributed by atoms with Crippen LogP contribution in [0, 0.1) is 5.92 Å². The molecule has 4 heteroatoms. The molecule has 1 unspecified atom stereocenters. The summed E-state index contributed by atoms with van der Waals surface area (Å²) in [7, 11) is 2.01. The first-order chi connectivity index (χ1) is 9.04. The summed E-state index contributed by atoms with van der Waals surface area (Å²) in [5.41, 5.74) is 1.15. The minimum atomic E-state index is 0.400. The van der Waals surface area contributed by atoms with Gasteiger partial charge in [-0.15, -0.1) is 11.3 Å². The summed E-state index contributed by atoms with van der Waals surface area (Å²) in [6, 6.07) is 10.7. The summed E-state index contributed by atoms with van der Waals surface area (Å²) >= 11 is 11.5. The lowest BCUT2D eigenvalue weighted by molar-refractivity contribution is 0.449. The topological polar surface area (TPSA) is 12.0 Å². The fourth-order valence-electron chi connectivity index (χ4n) is 2.16. The Morgan fingerprint density at radius 3 is 2.58 bits per heavy atom. The van der Waals surface area contributed by atoms with Crippen LogP contribution in [0.3, 0.4) is 0 Å². The zero-order valence-electron chi connectivity index (χ0n) is 11.2. The van der Waals surface area contributed by atoms with Gasteiger partial charge in [0.05, 0.1) is 5.02 Å². The Hall–Kier alpha value is -0.350. The van der Waals surface area contributed by atoms with Gasteiger partial charge in [-0.1, -0.05) is 37.6 Å². The number of rotatable bonds is 4. The first-order valence-corrected chi connectivity index (χ1v) is 8.24. The normalized spacial score (nSPS) is 12.9. The van der Waals surface area contributed by atoms with E-state index in [4.69, 9.17) is 11.6 Å². The number of nitrogens with one attached hydrogen (secondary N) is 1. The quantitative estimate of drug-likeness (QED) is 0.734. The molecule has 2 aromatic rings. The Morgan fingerprint density at radius 1 is 1.21 bits per heavy atom. The zero-order valence-corrected chi connectivity index (χ0v) is 14.4. The van der Waals surface area contributed by atoms with Crippen LogP contribution in [0.15, 0.2) is 34.8 Å². The molecule has 0 aliphatic rings. The van der Waals surface area contributed by atoms with E-state index >= 15 is 0 Å². The van der Waals surface area contributed by atoms with Gasteiger partial charge in [-0.2, -0.15) is 0 Å². The molecule has 0 fully saturated rings. The van der Waals surface area contributed by atoms with E-state index in [0.717, 1.165) is 15.1 Å². The van der Waals surface area contributed by atoms with Crippen molar-refractivity contribution in [2.75, 3.05) is 7.05 Å². The highest BCUT2D eigenvalue weighted by molar-refractivity contribution is 9.10. The molecule has 0 bridgehead atoms. The second kappa shape index (κ2) is 6.40. The molecule has 1 atom stereocenters. The van der Waals surface area contributed by atoms with Crippen LogP contribution in [0.4, 0.5) is 0 Å². The SMILES string of the molecule is CNC(c1ccc(-c2cccc(Cl)c2Br)s1)C(C)C. The van der Waals surface area contributed by atoms with E-state index in [1.165, 1.54) is 9.75 Å². The monoisotopic (exact) mass is 357 g/mol. The second-order valence-corrected chi connectivity index (χ2v) is 7.13. The molecule has 1 aromatic heterocycles. The molecule has 1 aromatic carbocycles. The van der Waals surface area contributed by atoms with Crippen molar-refractivity contribution in [1.82, 2.24) is 5.32 Å². The lowest BCUT2D eigenvalue weighted by Crippen LogP contribution is -2.20. The van der Waals surface area contributed by atoms with Gasteiger partial charge in [0.25, 0.3) is 0 Å². The predicted molar refractivity (Wildman–Crippen MR) is 89.1 cm³/mol. The summed E-state index contributed by atoms with van der Waals surface area (Å²) in [6.45, 7) is 4.46. The lowest BCUT2D eigenvalue weighted by atomic mass is 10.0. The van der Waals surface area contributed by atoms with Crippen LogP contribution in [0.1, 0.15) is 24.8 Å². The number of hydrogen-bond donors (Lipinski definition) is 1. The minimum Gasteiger partial charge on any atom is -0.312 e. The van der Waals surface area contributed by atoms with Crippen molar-refractivity contribution in [3.8, 4) is 10.4 Å². The molecule has 1 N–H and O–H groups in total. The Balaban J connectivity index is 2.38. The number of benzene rings is 1. The lowest BCUT2D eigenvalue weighted by Gasteiger charge is -2.18. The van der Waals surface area contributed by atoms with Crippen molar-refractivity contribution >= 4 is 38.9 Å². The molecule has 19 heavy (non-hydrogen) atoms. The van der Waals surface area contributed by atoms with Gasteiger partial charge in [0.2, 0.25) is 0 Å². The molecular weight excluding hydrogens is 342 g/mol. The van der Waals surface area contributed by atoms with Crippen molar-refractivity contribution in [1.29, 1.82) is 0 Å². The molecule has 0 aliphatic heterocycles. The third-order valence-electron chi connectivity index (χ3n) is 3.13. The number of halogens is 2. The summed E-state index contributed by atoms with van der Waals surface area (Å²) in [5.74, 6) is 0.569. The average molecular weight is 359 g/mol. The maximum Gasteiger partial charge on any atom is 0.0554 e. The predicted octanol–water partition coefficient (Wildman–Crippen LogP) is 5.75. The van der Waals surface area contributed by atoms with Gasteiger partial charge >= 0.3 is 0 Å². The Bertz CT molecular complexity index is 565. The third kappa shape index (κ3) is 3.22. The van der Waals surface area contributed by atoms with E-state index in [1.54, 1.807) is 0 Å². The fraction of sp³-hybridized carbons (Fsp3) is 0.333. The minimum absolute atomic E-state index is 0.400. The molecule has 0 saturated heterocycles. The van der Waals surface area contributed by atoms with E-state index in [9.17, 15) is 0 Å². The molecule has 1 heterocycles. The summed E-state index contributed by atoms with van der Waals surface area (Å²) in [4.78, 5) is 2.60. The van der Waals surface area contributed by atoms with Crippen molar-refractivity contribution < 1.29 is 0 Å². The summed E-state index contributed by atoms with van der Waals surface area (Å²) in [5, 5.41) is 4.13. The molecule has 0 saturated carbocycles. The van der Waals surface area contributed by atoms with E-state index in [1.807, 2.05) is 30.5 Å². The van der Waals surface area contributed by atoms with Crippen molar-refractivity contribution in [3.05, 3.63) is 44.7 Å². The fourth-order valence-corrected chi connectivity index (χ4v) is 4.27. The third-order valence-corrected chi connectivity index (χ3v) is 5.73. The van der Waals surface area contributed by atoms with Crippen LogP contribution in [-0.2, 0) is 0 Å². The molecule has 2 rings (SSSR count). The highest BCUT2D eigenvalue weighted by Crippen LogP contribution is 2.39. The maximum absolute atomic E-state index is 6.16. The Morgan fingerprint density at radius 2 is 1.95 bits per heavy atom. The number of hydrogen-bond acceptors (Lipinski definition) is 2. The summed E-state index contributed by atoms with van der Waals surface area (Å²) < 4.78 is 0.968. The van der Waals surface area contributed by atoms with Gasteiger partial charge in [-0.05, 0) is 47.1 Å². The maximum atomic E-state index is 6.16. The first-order valence-electron chi connectivity index (χ1n) is 6.26. The molecule has 0 radical (unpaired) electrons. The number of thiophene rings is 1. The van der Waals surface area contributed by atoms with Crippen molar-refractivity contribution in [2.45, 2.75) is 19.9 Å².